The summed E-state index contributed by atoms with van der Waals surface area (Å²) in [7, 11) is 3.29. The third-order valence-electron chi connectivity index (χ3n) is 5.32. The van der Waals surface area contributed by atoms with Crippen molar-refractivity contribution < 1.29 is 14.6 Å². The van der Waals surface area contributed by atoms with Gasteiger partial charge in [0.2, 0.25) is 0 Å². The SMILES string of the molecule is COc1ccc(C2=N[C@H](c3cc(Br)ccc3OC)N[C@H](c3cc(Cl)ccc3O)C2)cc1. The van der Waals surface area contributed by atoms with Gasteiger partial charge < -0.3 is 14.6 Å². The summed E-state index contributed by atoms with van der Waals surface area (Å²) >= 11 is 9.78. The molecule has 0 aliphatic carbocycles. The number of hydrogen-bond acceptors (Lipinski definition) is 5. The number of rotatable bonds is 5. The largest absolute Gasteiger partial charge is 0.508 e. The fourth-order valence-corrected chi connectivity index (χ4v) is 4.31. The van der Waals surface area contributed by atoms with Gasteiger partial charge in [0.15, 0.2) is 0 Å². The summed E-state index contributed by atoms with van der Waals surface area (Å²) in [5.41, 5.74) is 3.53. The molecule has 1 heterocycles. The Morgan fingerprint density at radius 2 is 1.77 bits per heavy atom. The fraction of sp³-hybridized carbons (Fsp3) is 0.208. The van der Waals surface area contributed by atoms with Gasteiger partial charge in [-0.3, -0.25) is 10.3 Å². The lowest BCUT2D eigenvalue weighted by Crippen LogP contribution is -2.33. The van der Waals surface area contributed by atoms with Gasteiger partial charge in [-0.25, -0.2) is 0 Å². The average Bonchev–Trinajstić information content (AvgIpc) is 2.80. The monoisotopic (exact) mass is 500 g/mol. The van der Waals surface area contributed by atoms with Crippen molar-refractivity contribution in [2.24, 2.45) is 4.99 Å². The molecule has 7 heteroatoms. The highest BCUT2D eigenvalue weighted by Crippen LogP contribution is 2.38. The third kappa shape index (κ3) is 4.71. The molecule has 0 radical (unpaired) electrons. The van der Waals surface area contributed by atoms with Gasteiger partial charge in [-0.2, -0.15) is 0 Å². The number of halogens is 2. The molecular formula is C24H22BrClN2O3. The highest BCUT2D eigenvalue weighted by molar-refractivity contribution is 9.10. The second-order valence-electron chi connectivity index (χ2n) is 7.22. The molecule has 4 rings (SSSR count). The van der Waals surface area contributed by atoms with Gasteiger partial charge in [-0.05, 0) is 66.2 Å². The molecular weight excluding hydrogens is 480 g/mol. The Kier molecular flexibility index (Phi) is 6.51. The Bertz CT molecular complexity index is 1120. The number of nitrogens with one attached hydrogen (secondary N) is 1. The Morgan fingerprint density at radius 1 is 1.00 bits per heavy atom. The maximum absolute atomic E-state index is 10.5. The van der Waals surface area contributed by atoms with Crippen molar-refractivity contribution in [2.45, 2.75) is 18.6 Å². The van der Waals surface area contributed by atoms with Gasteiger partial charge in [0.05, 0.1) is 14.2 Å². The van der Waals surface area contributed by atoms with E-state index >= 15 is 0 Å². The van der Waals surface area contributed by atoms with Crippen molar-refractivity contribution in [1.82, 2.24) is 5.32 Å². The lowest BCUT2D eigenvalue weighted by Gasteiger charge is -2.31. The van der Waals surface area contributed by atoms with Crippen LogP contribution in [0.25, 0.3) is 0 Å². The van der Waals surface area contributed by atoms with E-state index < -0.39 is 0 Å². The van der Waals surface area contributed by atoms with Gasteiger partial charge in [0.25, 0.3) is 0 Å². The number of ether oxygens (including phenoxy) is 2. The van der Waals surface area contributed by atoms with Crippen molar-refractivity contribution in [3.8, 4) is 17.2 Å². The molecule has 1 aliphatic heterocycles. The van der Waals surface area contributed by atoms with E-state index in [4.69, 9.17) is 26.1 Å². The highest BCUT2D eigenvalue weighted by atomic mass is 79.9. The molecule has 0 aromatic heterocycles. The van der Waals surface area contributed by atoms with E-state index in [2.05, 4.69) is 21.2 Å². The quantitative estimate of drug-likeness (QED) is 0.447. The maximum atomic E-state index is 10.5. The van der Waals surface area contributed by atoms with Gasteiger partial charge >= 0.3 is 0 Å². The van der Waals surface area contributed by atoms with Crippen LogP contribution in [-0.4, -0.2) is 25.0 Å². The maximum Gasteiger partial charge on any atom is 0.130 e. The van der Waals surface area contributed by atoms with E-state index in [1.54, 1.807) is 32.4 Å². The molecule has 3 aromatic rings. The van der Waals surface area contributed by atoms with Crippen molar-refractivity contribution in [1.29, 1.82) is 0 Å². The molecule has 160 valence electrons. The van der Waals surface area contributed by atoms with Crippen molar-refractivity contribution in [3.63, 3.8) is 0 Å². The Hall–Kier alpha value is -2.54. The molecule has 2 atom stereocenters. The minimum Gasteiger partial charge on any atom is -0.508 e. The molecule has 0 fully saturated rings. The second-order valence-corrected chi connectivity index (χ2v) is 8.57. The predicted octanol–water partition coefficient (Wildman–Crippen LogP) is 6.05. The summed E-state index contributed by atoms with van der Waals surface area (Å²) < 4.78 is 11.8. The normalized spacial score (nSPS) is 18.4. The summed E-state index contributed by atoms with van der Waals surface area (Å²) in [5.74, 6) is 1.71. The van der Waals surface area contributed by atoms with E-state index in [9.17, 15) is 5.11 Å². The first-order valence-electron chi connectivity index (χ1n) is 9.77. The molecule has 0 spiro atoms. The highest BCUT2D eigenvalue weighted by Gasteiger charge is 2.29. The van der Waals surface area contributed by atoms with Gasteiger partial charge in [-0.1, -0.05) is 27.5 Å². The molecule has 1 aliphatic rings. The number of aliphatic imine (C=N–C) groups is 1. The molecule has 5 nitrogen and oxygen atoms in total. The first-order valence-corrected chi connectivity index (χ1v) is 10.9. The molecule has 0 saturated heterocycles. The summed E-state index contributed by atoms with van der Waals surface area (Å²) in [5, 5.41) is 14.6. The van der Waals surface area contributed by atoms with E-state index in [1.165, 1.54) is 0 Å². The Balaban J connectivity index is 1.80. The lowest BCUT2D eigenvalue weighted by molar-refractivity contribution is 0.381. The Morgan fingerprint density at radius 3 is 2.48 bits per heavy atom. The number of hydrogen-bond donors (Lipinski definition) is 2. The second kappa shape index (κ2) is 9.30. The zero-order valence-electron chi connectivity index (χ0n) is 17.1. The smallest absolute Gasteiger partial charge is 0.130 e. The van der Waals surface area contributed by atoms with Crippen LogP contribution in [0.2, 0.25) is 5.02 Å². The van der Waals surface area contributed by atoms with Crippen LogP contribution in [0, 0.1) is 0 Å². The predicted molar refractivity (Wildman–Crippen MR) is 127 cm³/mol. The zero-order valence-corrected chi connectivity index (χ0v) is 19.4. The number of aromatic hydroxyl groups is 1. The molecule has 3 aromatic carbocycles. The molecule has 0 unspecified atom stereocenters. The van der Waals surface area contributed by atoms with Crippen LogP contribution < -0.4 is 14.8 Å². The van der Waals surface area contributed by atoms with Crippen LogP contribution in [0.4, 0.5) is 0 Å². The van der Waals surface area contributed by atoms with E-state index in [0.29, 0.717) is 11.4 Å². The lowest BCUT2D eigenvalue weighted by atomic mass is 9.93. The fourth-order valence-electron chi connectivity index (χ4n) is 3.75. The van der Waals surface area contributed by atoms with Gasteiger partial charge in [0.1, 0.15) is 23.4 Å². The molecule has 0 bridgehead atoms. The minimum absolute atomic E-state index is 0.192. The number of phenols is 1. The summed E-state index contributed by atoms with van der Waals surface area (Å²) in [6.45, 7) is 0. The van der Waals surface area contributed by atoms with Crippen molar-refractivity contribution in [2.75, 3.05) is 14.2 Å². The average molecular weight is 502 g/mol. The Labute approximate surface area is 194 Å². The minimum atomic E-state index is -0.373. The van der Waals surface area contributed by atoms with Crippen LogP contribution in [-0.2, 0) is 0 Å². The van der Waals surface area contributed by atoms with Crippen LogP contribution in [0.15, 0.2) is 70.1 Å². The summed E-state index contributed by atoms with van der Waals surface area (Å²) in [6.07, 6.45) is 0.217. The van der Waals surface area contributed by atoms with Crippen LogP contribution in [0.5, 0.6) is 17.2 Å². The zero-order chi connectivity index (χ0) is 22.0. The van der Waals surface area contributed by atoms with Crippen LogP contribution in [0.3, 0.4) is 0 Å². The number of methoxy groups -OCH3 is 2. The molecule has 2 N–H and O–H groups in total. The number of benzene rings is 3. The molecule has 0 amide bonds. The van der Waals surface area contributed by atoms with E-state index in [-0.39, 0.29) is 18.0 Å². The van der Waals surface area contributed by atoms with Crippen molar-refractivity contribution in [3.05, 3.63) is 86.8 Å². The van der Waals surface area contributed by atoms with Crippen LogP contribution >= 0.6 is 27.5 Å². The first kappa shape index (κ1) is 21.7. The first-order chi connectivity index (χ1) is 15.0. The third-order valence-corrected chi connectivity index (χ3v) is 6.04. The van der Waals surface area contributed by atoms with Crippen LogP contribution in [0.1, 0.15) is 35.3 Å². The van der Waals surface area contributed by atoms with Gasteiger partial charge in [-0.15, -0.1) is 0 Å². The number of nitrogens with zero attached hydrogens (tertiary/aromatic N) is 1. The van der Waals surface area contributed by atoms with Gasteiger partial charge in [0, 0.05) is 38.8 Å². The summed E-state index contributed by atoms with van der Waals surface area (Å²) in [6, 6.07) is 18.5. The van der Waals surface area contributed by atoms with Crippen molar-refractivity contribution >= 4 is 33.2 Å². The standard InChI is InChI=1S/C24H22BrClN2O3/c1-30-17-7-3-14(4-8-17)20-13-21(18-12-16(26)6-9-22(18)29)28-24(27-20)19-11-15(25)5-10-23(19)31-2/h3-12,21,24,28-29H,13H2,1-2H3/t21-,24-/m0/s1. The number of phenolic OH excluding ortho intramolecular Hbond substituents is 1. The molecule has 31 heavy (non-hydrogen) atoms. The van der Waals surface area contributed by atoms with E-state index in [1.807, 2.05) is 42.5 Å². The summed E-state index contributed by atoms with van der Waals surface area (Å²) in [4.78, 5) is 5.00. The topological polar surface area (TPSA) is 63.1 Å². The molecule has 0 saturated carbocycles. The van der Waals surface area contributed by atoms with E-state index in [0.717, 1.165) is 38.4 Å².